The van der Waals surface area contributed by atoms with E-state index >= 15 is 0 Å². The SMILES string of the molecule is CNc1ncccc1C(=O)N1CCN(c2ncccn2)CC1. The van der Waals surface area contributed by atoms with E-state index in [4.69, 9.17) is 0 Å². The summed E-state index contributed by atoms with van der Waals surface area (Å²) in [5.74, 6) is 1.33. The summed E-state index contributed by atoms with van der Waals surface area (Å²) < 4.78 is 0. The first-order valence-electron chi connectivity index (χ1n) is 7.23. The lowest BCUT2D eigenvalue weighted by Gasteiger charge is -2.34. The van der Waals surface area contributed by atoms with Crippen molar-refractivity contribution in [1.29, 1.82) is 0 Å². The molecule has 2 aromatic heterocycles. The lowest BCUT2D eigenvalue weighted by atomic mass is 10.2. The van der Waals surface area contributed by atoms with Crippen LogP contribution < -0.4 is 10.2 Å². The van der Waals surface area contributed by atoms with Gasteiger partial charge < -0.3 is 15.1 Å². The maximum Gasteiger partial charge on any atom is 0.257 e. The van der Waals surface area contributed by atoms with Crippen molar-refractivity contribution in [2.45, 2.75) is 0 Å². The highest BCUT2D eigenvalue weighted by atomic mass is 16.2. The molecule has 2 aromatic rings. The number of amides is 1. The molecule has 0 aliphatic carbocycles. The van der Waals surface area contributed by atoms with Gasteiger partial charge in [0, 0.05) is 51.8 Å². The van der Waals surface area contributed by atoms with Crippen LogP contribution in [0.5, 0.6) is 0 Å². The van der Waals surface area contributed by atoms with E-state index in [1.54, 1.807) is 43.8 Å². The zero-order valence-corrected chi connectivity index (χ0v) is 12.4. The number of nitrogens with one attached hydrogen (secondary N) is 1. The number of carbonyl (C=O) groups excluding carboxylic acids is 1. The van der Waals surface area contributed by atoms with E-state index < -0.39 is 0 Å². The van der Waals surface area contributed by atoms with Crippen molar-refractivity contribution in [2.75, 3.05) is 43.4 Å². The summed E-state index contributed by atoms with van der Waals surface area (Å²) in [6.45, 7) is 2.75. The molecule has 1 saturated heterocycles. The third kappa shape index (κ3) is 2.83. The smallest absolute Gasteiger partial charge is 0.257 e. The maximum atomic E-state index is 12.6. The van der Waals surface area contributed by atoms with Gasteiger partial charge in [-0.25, -0.2) is 15.0 Å². The predicted octanol–water partition coefficient (Wildman–Crippen LogP) is 0.876. The van der Waals surface area contributed by atoms with E-state index in [1.165, 1.54) is 0 Å². The van der Waals surface area contributed by atoms with Crippen LogP contribution in [0, 0.1) is 0 Å². The quantitative estimate of drug-likeness (QED) is 0.906. The molecule has 114 valence electrons. The molecule has 3 heterocycles. The average molecular weight is 298 g/mol. The molecule has 0 atom stereocenters. The largest absolute Gasteiger partial charge is 0.372 e. The standard InChI is InChI=1S/C15H18N6O/c1-16-13-12(4-2-5-17-13)14(22)20-8-10-21(11-9-20)15-18-6-3-7-19-15/h2-7H,8-11H2,1H3,(H,16,17). The molecule has 3 rings (SSSR count). The van der Waals surface area contributed by atoms with Crippen molar-refractivity contribution < 1.29 is 4.79 Å². The van der Waals surface area contributed by atoms with Crippen LogP contribution in [0.2, 0.25) is 0 Å². The van der Waals surface area contributed by atoms with Gasteiger partial charge in [-0.15, -0.1) is 0 Å². The molecule has 7 heteroatoms. The zero-order chi connectivity index (χ0) is 15.4. The first kappa shape index (κ1) is 14.2. The summed E-state index contributed by atoms with van der Waals surface area (Å²) in [5.41, 5.74) is 0.606. The normalized spacial score (nSPS) is 14.8. The number of rotatable bonds is 3. The molecule has 22 heavy (non-hydrogen) atoms. The number of hydrogen-bond acceptors (Lipinski definition) is 6. The molecule has 1 N–H and O–H groups in total. The number of anilines is 2. The lowest BCUT2D eigenvalue weighted by molar-refractivity contribution is 0.0747. The van der Waals surface area contributed by atoms with Crippen LogP contribution in [-0.2, 0) is 0 Å². The molecule has 0 aromatic carbocycles. The summed E-state index contributed by atoms with van der Waals surface area (Å²) in [5, 5.41) is 2.96. The summed E-state index contributed by atoms with van der Waals surface area (Å²) >= 11 is 0. The predicted molar refractivity (Wildman–Crippen MR) is 83.9 cm³/mol. The first-order chi connectivity index (χ1) is 10.8. The van der Waals surface area contributed by atoms with Gasteiger partial charge in [-0.1, -0.05) is 0 Å². The summed E-state index contributed by atoms with van der Waals surface area (Å²) in [7, 11) is 1.77. The highest BCUT2D eigenvalue weighted by Crippen LogP contribution is 2.16. The number of pyridine rings is 1. The Morgan fingerprint density at radius 1 is 1.05 bits per heavy atom. The van der Waals surface area contributed by atoms with Crippen LogP contribution >= 0.6 is 0 Å². The molecule has 0 saturated carbocycles. The lowest BCUT2D eigenvalue weighted by Crippen LogP contribution is -2.49. The molecule has 1 amide bonds. The minimum Gasteiger partial charge on any atom is -0.372 e. The van der Waals surface area contributed by atoms with Gasteiger partial charge in [-0.2, -0.15) is 0 Å². The Morgan fingerprint density at radius 3 is 2.41 bits per heavy atom. The summed E-state index contributed by atoms with van der Waals surface area (Å²) in [6.07, 6.45) is 5.14. The van der Waals surface area contributed by atoms with E-state index in [2.05, 4.69) is 25.2 Å². The topological polar surface area (TPSA) is 74.2 Å². The van der Waals surface area contributed by atoms with E-state index in [-0.39, 0.29) is 5.91 Å². The maximum absolute atomic E-state index is 12.6. The van der Waals surface area contributed by atoms with Gasteiger partial charge in [0.25, 0.3) is 5.91 Å². The van der Waals surface area contributed by atoms with Gasteiger partial charge in [0.15, 0.2) is 0 Å². The number of carbonyl (C=O) groups is 1. The molecule has 0 bridgehead atoms. The van der Waals surface area contributed by atoms with Crippen molar-refractivity contribution in [3.8, 4) is 0 Å². The van der Waals surface area contributed by atoms with Gasteiger partial charge in [0.2, 0.25) is 5.95 Å². The van der Waals surface area contributed by atoms with E-state index in [1.807, 2.05) is 4.90 Å². The van der Waals surface area contributed by atoms with E-state index in [0.717, 1.165) is 13.1 Å². The fourth-order valence-corrected chi connectivity index (χ4v) is 2.51. The fraction of sp³-hybridized carbons (Fsp3) is 0.333. The molecule has 0 spiro atoms. The van der Waals surface area contributed by atoms with Crippen LogP contribution in [0.3, 0.4) is 0 Å². The van der Waals surface area contributed by atoms with Gasteiger partial charge in [0.05, 0.1) is 5.56 Å². The Bertz CT molecular complexity index is 639. The van der Waals surface area contributed by atoms with Gasteiger partial charge >= 0.3 is 0 Å². The second kappa shape index (κ2) is 6.38. The van der Waals surface area contributed by atoms with Gasteiger partial charge in [-0.05, 0) is 18.2 Å². The monoisotopic (exact) mass is 298 g/mol. The van der Waals surface area contributed by atoms with Crippen LogP contribution in [-0.4, -0.2) is 59.0 Å². The van der Waals surface area contributed by atoms with Crippen molar-refractivity contribution in [2.24, 2.45) is 0 Å². The summed E-state index contributed by atoms with van der Waals surface area (Å²) in [6, 6.07) is 5.38. The third-order valence-electron chi connectivity index (χ3n) is 3.68. The Balaban J connectivity index is 1.67. The molecule has 1 fully saturated rings. The van der Waals surface area contributed by atoms with Crippen LogP contribution in [0.25, 0.3) is 0 Å². The molecule has 1 aliphatic rings. The molecule has 0 radical (unpaired) electrons. The van der Waals surface area contributed by atoms with Crippen LogP contribution in [0.1, 0.15) is 10.4 Å². The molecule has 7 nitrogen and oxygen atoms in total. The van der Waals surface area contributed by atoms with E-state index in [0.29, 0.717) is 30.4 Å². The Labute approximate surface area is 129 Å². The highest BCUT2D eigenvalue weighted by molar-refractivity contribution is 5.98. The Hall–Kier alpha value is -2.70. The van der Waals surface area contributed by atoms with Crippen LogP contribution in [0.15, 0.2) is 36.8 Å². The second-order valence-corrected chi connectivity index (χ2v) is 4.98. The number of piperazine rings is 1. The highest BCUT2D eigenvalue weighted by Gasteiger charge is 2.24. The van der Waals surface area contributed by atoms with Crippen molar-refractivity contribution in [3.63, 3.8) is 0 Å². The van der Waals surface area contributed by atoms with Gasteiger partial charge in [-0.3, -0.25) is 4.79 Å². The van der Waals surface area contributed by atoms with E-state index in [9.17, 15) is 4.79 Å². The zero-order valence-electron chi connectivity index (χ0n) is 12.4. The number of hydrogen-bond donors (Lipinski definition) is 1. The van der Waals surface area contributed by atoms with Crippen molar-refractivity contribution in [3.05, 3.63) is 42.4 Å². The molecule has 1 aliphatic heterocycles. The number of aromatic nitrogens is 3. The molecular weight excluding hydrogens is 280 g/mol. The van der Waals surface area contributed by atoms with Crippen molar-refractivity contribution in [1.82, 2.24) is 19.9 Å². The first-order valence-corrected chi connectivity index (χ1v) is 7.23. The Kier molecular flexibility index (Phi) is 4.13. The number of nitrogens with zero attached hydrogens (tertiary/aromatic N) is 5. The minimum atomic E-state index is 0.00563. The molecule has 0 unspecified atom stereocenters. The van der Waals surface area contributed by atoms with Crippen molar-refractivity contribution >= 4 is 17.7 Å². The average Bonchev–Trinajstić information content (AvgIpc) is 2.62. The second-order valence-electron chi connectivity index (χ2n) is 4.98. The Morgan fingerprint density at radius 2 is 1.73 bits per heavy atom. The molecular formula is C15H18N6O. The van der Waals surface area contributed by atoms with Gasteiger partial charge in [0.1, 0.15) is 5.82 Å². The van der Waals surface area contributed by atoms with Crippen LogP contribution in [0.4, 0.5) is 11.8 Å². The summed E-state index contributed by atoms with van der Waals surface area (Å²) in [4.78, 5) is 29.2. The third-order valence-corrected chi connectivity index (χ3v) is 3.68. The fourth-order valence-electron chi connectivity index (χ4n) is 2.51. The minimum absolute atomic E-state index is 0.00563.